The number of carbonyl (C=O) groups is 1. The largest absolute Gasteiger partial charge is 0.459 e. The third kappa shape index (κ3) is 4.86. The summed E-state index contributed by atoms with van der Waals surface area (Å²) in [5.74, 6) is 2.64. The van der Waals surface area contributed by atoms with E-state index in [2.05, 4.69) is 13.0 Å². The van der Waals surface area contributed by atoms with Gasteiger partial charge in [0.1, 0.15) is 6.10 Å². The summed E-state index contributed by atoms with van der Waals surface area (Å²) in [5.41, 5.74) is 2.95. The average Bonchev–Trinajstić information content (AvgIpc) is 2.61. The van der Waals surface area contributed by atoms with E-state index in [1.807, 2.05) is 26.0 Å². The second-order valence-electron chi connectivity index (χ2n) is 8.51. The number of benzene rings is 1. The highest BCUT2D eigenvalue weighted by atomic mass is 16.5. The van der Waals surface area contributed by atoms with Crippen molar-refractivity contribution < 1.29 is 9.53 Å². The molecule has 0 heterocycles. The minimum atomic E-state index is -0.140. The van der Waals surface area contributed by atoms with Gasteiger partial charge in [0.05, 0.1) is 5.56 Å². The normalized spacial score (nSPS) is 30.0. The van der Waals surface area contributed by atoms with Gasteiger partial charge in [0.2, 0.25) is 0 Å². The van der Waals surface area contributed by atoms with Crippen LogP contribution in [0.3, 0.4) is 0 Å². The van der Waals surface area contributed by atoms with E-state index in [0.717, 1.165) is 41.7 Å². The highest BCUT2D eigenvalue weighted by Crippen LogP contribution is 2.41. The highest BCUT2D eigenvalue weighted by molar-refractivity contribution is 5.90. The molecule has 0 aromatic heterocycles. The standard InChI is InChI=1S/C23H34O2/c1-4-18-5-7-19(8-6-18)20-9-11-22(12-10-20)25-23(24)21-14-16(2)13-17(3)15-21/h13-15,18-20,22H,4-12H2,1-3H3. The molecule has 0 unspecified atom stereocenters. The van der Waals surface area contributed by atoms with Gasteiger partial charge < -0.3 is 4.74 Å². The first-order valence-corrected chi connectivity index (χ1v) is 10.3. The van der Waals surface area contributed by atoms with Gasteiger partial charge in [-0.25, -0.2) is 4.79 Å². The molecule has 0 aliphatic heterocycles. The molecule has 0 spiro atoms. The van der Waals surface area contributed by atoms with Crippen molar-refractivity contribution in [2.45, 2.75) is 84.7 Å². The lowest BCUT2D eigenvalue weighted by atomic mass is 9.70. The Bertz CT molecular complexity index is 556. The molecule has 0 amide bonds. The van der Waals surface area contributed by atoms with E-state index in [9.17, 15) is 4.79 Å². The number of ether oxygens (including phenoxy) is 1. The Morgan fingerprint density at radius 1 is 0.880 bits per heavy atom. The predicted molar refractivity (Wildman–Crippen MR) is 103 cm³/mol. The molecule has 1 aromatic rings. The Morgan fingerprint density at radius 2 is 1.40 bits per heavy atom. The van der Waals surface area contributed by atoms with Crippen LogP contribution >= 0.6 is 0 Å². The number of carbonyl (C=O) groups excluding carboxylic acids is 1. The average molecular weight is 343 g/mol. The van der Waals surface area contributed by atoms with Gasteiger partial charge in [-0.2, -0.15) is 0 Å². The van der Waals surface area contributed by atoms with E-state index >= 15 is 0 Å². The lowest BCUT2D eigenvalue weighted by molar-refractivity contribution is 0.0109. The predicted octanol–water partition coefficient (Wildman–Crippen LogP) is 6.24. The van der Waals surface area contributed by atoms with E-state index in [1.165, 1.54) is 44.9 Å². The Balaban J connectivity index is 1.47. The molecule has 1 aromatic carbocycles. The van der Waals surface area contributed by atoms with Crippen molar-refractivity contribution in [1.29, 1.82) is 0 Å². The molecule has 0 atom stereocenters. The zero-order valence-electron chi connectivity index (χ0n) is 16.2. The van der Waals surface area contributed by atoms with Gasteiger partial charge in [0.15, 0.2) is 0 Å². The van der Waals surface area contributed by atoms with Gasteiger partial charge in [-0.05, 0) is 82.3 Å². The van der Waals surface area contributed by atoms with Crippen molar-refractivity contribution in [2.75, 3.05) is 0 Å². The molecule has 2 nitrogen and oxygen atoms in total. The van der Waals surface area contributed by atoms with Gasteiger partial charge >= 0.3 is 5.97 Å². The van der Waals surface area contributed by atoms with Crippen LogP contribution in [0.2, 0.25) is 0 Å². The van der Waals surface area contributed by atoms with Gasteiger partial charge in [0, 0.05) is 0 Å². The minimum Gasteiger partial charge on any atom is -0.459 e. The number of rotatable bonds is 4. The zero-order valence-corrected chi connectivity index (χ0v) is 16.2. The van der Waals surface area contributed by atoms with Gasteiger partial charge in [-0.15, -0.1) is 0 Å². The molecule has 2 aliphatic rings. The maximum Gasteiger partial charge on any atom is 0.338 e. The number of hydrogen-bond acceptors (Lipinski definition) is 2. The Morgan fingerprint density at radius 3 is 1.92 bits per heavy atom. The molecule has 0 N–H and O–H groups in total. The maximum absolute atomic E-state index is 12.4. The van der Waals surface area contributed by atoms with Crippen LogP contribution in [0.5, 0.6) is 0 Å². The summed E-state index contributed by atoms with van der Waals surface area (Å²) in [6.45, 7) is 6.39. The van der Waals surface area contributed by atoms with E-state index in [-0.39, 0.29) is 12.1 Å². The molecule has 25 heavy (non-hydrogen) atoms. The summed E-state index contributed by atoms with van der Waals surface area (Å²) in [4.78, 5) is 12.4. The lowest BCUT2D eigenvalue weighted by Crippen LogP contribution is -2.29. The highest BCUT2D eigenvalue weighted by Gasteiger charge is 2.31. The molecule has 0 radical (unpaired) electrons. The van der Waals surface area contributed by atoms with Crippen molar-refractivity contribution in [1.82, 2.24) is 0 Å². The van der Waals surface area contributed by atoms with Gasteiger partial charge in [-0.1, -0.05) is 43.4 Å². The van der Waals surface area contributed by atoms with Crippen LogP contribution < -0.4 is 0 Å². The molecule has 138 valence electrons. The van der Waals surface area contributed by atoms with Crippen LogP contribution in [0.4, 0.5) is 0 Å². The topological polar surface area (TPSA) is 26.3 Å². The number of aryl methyl sites for hydroxylation is 2. The fourth-order valence-electron chi connectivity index (χ4n) is 5.06. The summed E-state index contributed by atoms with van der Waals surface area (Å²) in [6.07, 6.45) is 11.8. The van der Waals surface area contributed by atoms with Gasteiger partial charge in [0.25, 0.3) is 0 Å². The molecule has 2 aliphatic carbocycles. The molecule has 0 bridgehead atoms. The smallest absolute Gasteiger partial charge is 0.338 e. The maximum atomic E-state index is 12.4. The number of esters is 1. The van der Waals surface area contributed by atoms with Crippen LogP contribution in [0.15, 0.2) is 18.2 Å². The molecule has 3 rings (SSSR count). The quantitative estimate of drug-likeness (QED) is 0.606. The van der Waals surface area contributed by atoms with Crippen molar-refractivity contribution >= 4 is 5.97 Å². The Kier molecular flexibility index (Phi) is 6.19. The number of hydrogen-bond donors (Lipinski definition) is 0. The monoisotopic (exact) mass is 342 g/mol. The summed E-state index contributed by atoms with van der Waals surface area (Å²) < 4.78 is 5.82. The van der Waals surface area contributed by atoms with E-state index < -0.39 is 0 Å². The van der Waals surface area contributed by atoms with Crippen molar-refractivity contribution in [3.8, 4) is 0 Å². The summed E-state index contributed by atoms with van der Waals surface area (Å²) in [5, 5.41) is 0. The molecular formula is C23H34O2. The van der Waals surface area contributed by atoms with E-state index in [0.29, 0.717) is 5.56 Å². The Hall–Kier alpha value is -1.31. The fourth-order valence-corrected chi connectivity index (χ4v) is 5.06. The van der Waals surface area contributed by atoms with Crippen molar-refractivity contribution in [2.24, 2.45) is 17.8 Å². The first-order valence-electron chi connectivity index (χ1n) is 10.3. The second-order valence-corrected chi connectivity index (χ2v) is 8.51. The second kappa shape index (κ2) is 8.38. The van der Waals surface area contributed by atoms with Crippen LogP contribution in [0.1, 0.15) is 86.2 Å². The molecular weight excluding hydrogens is 308 g/mol. The van der Waals surface area contributed by atoms with Crippen molar-refractivity contribution in [3.05, 3.63) is 34.9 Å². The van der Waals surface area contributed by atoms with Crippen LogP contribution in [-0.2, 0) is 4.74 Å². The Labute approximate surface area is 153 Å². The third-order valence-corrected chi connectivity index (χ3v) is 6.59. The lowest BCUT2D eigenvalue weighted by Gasteiger charge is -2.37. The molecule has 0 saturated heterocycles. The fraction of sp³-hybridized carbons (Fsp3) is 0.696. The SMILES string of the molecule is CCC1CCC(C2CCC(OC(=O)c3cc(C)cc(C)c3)CC2)CC1. The van der Waals surface area contributed by atoms with Crippen molar-refractivity contribution in [3.63, 3.8) is 0 Å². The summed E-state index contributed by atoms with van der Waals surface area (Å²) in [6, 6.07) is 5.97. The van der Waals surface area contributed by atoms with Gasteiger partial charge in [-0.3, -0.25) is 0 Å². The van der Waals surface area contributed by atoms with E-state index in [1.54, 1.807) is 0 Å². The summed E-state index contributed by atoms with van der Waals surface area (Å²) in [7, 11) is 0. The van der Waals surface area contributed by atoms with E-state index in [4.69, 9.17) is 4.74 Å². The van der Waals surface area contributed by atoms with Crippen LogP contribution in [-0.4, -0.2) is 12.1 Å². The molecule has 2 fully saturated rings. The minimum absolute atomic E-state index is 0.122. The third-order valence-electron chi connectivity index (χ3n) is 6.59. The molecule has 2 saturated carbocycles. The van der Waals surface area contributed by atoms with Crippen LogP contribution in [0, 0.1) is 31.6 Å². The van der Waals surface area contributed by atoms with Crippen LogP contribution in [0.25, 0.3) is 0 Å². The molecule has 2 heteroatoms. The first-order chi connectivity index (χ1) is 12.0. The zero-order chi connectivity index (χ0) is 17.8. The summed E-state index contributed by atoms with van der Waals surface area (Å²) >= 11 is 0. The first kappa shape index (κ1) is 18.5.